The SMILES string of the molecule is O=CC1(c2cccc(F)c2Br)CC1. The van der Waals surface area contributed by atoms with Gasteiger partial charge in [0.25, 0.3) is 0 Å². The first-order chi connectivity index (χ1) is 6.19. The summed E-state index contributed by atoms with van der Waals surface area (Å²) in [6.45, 7) is 0. The van der Waals surface area contributed by atoms with Crippen LogP contribution in [0.5, 0.6) is 0 Å². The Labute approximate surface area is 84.1 Å². The third-order valence-corrected chi connectivity index (χ3v) is 3.31. The molecule has 0 heterocycles. The topological polar surface area (TPSA) is 17.1 Å². The fourth-order valence-corrected chi connectivity index (χ4v) is 2.13. The van der Waals surface area contributed by atoms with Gasteiger partial charge in [-0.05, 0) is 40.4 Å². The highest BCUT2D eigenvalue weighted by atomic mass is 79.9. The average molecular weight is 243 g/mol. The smallest absolute Gasteiger partial charge is 0.137 e. The molecule has 1 aromatic carbocycles. The van der Waals surface area contributed by atoms with Crippen LogP contribution >= 0.6 is 15.9 Å². The highest BCUT2D eigenvalue weighted by Crippen LogP contribution is 2.48. The lowest BCUT2D eigenvalue weighted by Gasteiger charge is -2.09. The molecule has 1 aromatic rings. The molecular formula is C10H8BrFO. The molecule has 0 amide bonds. The summed E-state index contributed by atoms with van der Waals surface area (Å²) in [6, 6.07) is 4.82. The molecule has 1 fully saturated rings. The molecular weight excluding hydrogens is 235 g/mol. The Morgan fingerprint density at radius 2 is 2.15 bits per heavy atom. The Kier molecular flexibility index (Phi) is 1.99. The third kappa shape index (κ3) is 1.31. The second kappa shape index (κ2) is 2.91. The van der Waals surface area contributed by atoms with E-state index >= 15 is 0 Å². The summed E-state index contributed by atoms with van der Waals surface area (Å²) in [7, 11) is 0. The number of halogens is 2. The zero-order chi connectivity index (χ0) is 9.47. The van der Waals surface area contributed by atoms with E-state index < -0.39 is 5.41 Å². The van der Waals surface area contributed by atoms with Crippen LogP contribution in [0.25, 0.3) is 0 Å². The number of hydrogen-bond donors (Lipinski definition) is 0. The first kappa shape index (κ1) is 8.88. The summed E-state index contributed by atoms with van der Waals surface area (Å²) < 4.78 is 13.5. The first-order valence-corrected chi connectivity index (χ1v) is 4.90. The molecule has 0 unspecified atom stereocenters. The van der Waals surface area contributed by atoms with E-state index in [2.05, 4.69) is 15.9 Å². The molecule has 3 heteroatoms. The second-order valence-corrected chi connectivity index (χ2v) is 4.17. The quantitative estimate of drug-likeness (QED) is 0.730. The van der Waals surface area contributed by atoms with Crippen LogP contribution < -0.4 is 0 Å². The second-order valence-electron chi connectivity index (χ2n) is 3.38. The van der Waals surface area contributed by atoms with Crippen molar-refractivity contribution in [3.8, 4) is 0 Å². The molecule has 1 aliphatic rings. The number of aldehydes is 1. The van der Waals surface area contributed by atoms with Crippen LogP contribution in [0.15, 0.2) is 22.7 Å². The van der Waals surface area contributed by atoms with Gasteiger partial charge in [0, 0.05) is 0 Å². The summed E-state index contributed by atoms with van der Waals surface area (Å²) in [5, 5.41) is 0. The van der Waals surface area contributed by atoms with Crippen LogP contribution in [0.4, 0.5) is 4.39 Å². The Hall–Kier alpha value is -0.700. The van der Waals surface area contributed by atoms with E-state index in [9.17, 15) is 9.18 Å². The van der Waals surface area contributed by atoms with Gasteiger partial charge in [-0.2, -0.15) is 0 Å². The van der Waals surface area contributed by atoms with E-state index in [1.54, 1.807) is 12.1 Å². The number of carbonyl (C=O) groups excluding carboxylic acids is 1. The van der Waals surface area contributed by atoms with Crippen molar-refractivity contribution in [3.05, 3.63) is 34.1 Å². The molecule has 68 valence electrons. The largest absolute Gasteiger partial charge is 0.302 e. The van der Waals surface area contributed by atoms with Gasteiger partial charge in [-0.3, -0.25) is 0 Å². The van der Waals surface area contributed by atoms with Crippen LogP contribution in [-0.2, 0) is 10.2 Å². The third-order valence-electron chi connectivity index (χ3n) is 2.50. The molecule has 0 N–H and O–H groups in total. The van der Waals surface area contributed by atoms with Crippen LogP contribution in [0, 0.1) is 5.82 Å². The van der Waals surface area contributed by atoms with Gasteiger partial charge in [-0.1, -0.05) is 12.1 Å². The van der Waals surface area contributed by atoms with Gasteiger partial charge < -0.3 is 4.79 Å². The van der Waals surface area contributed by atoms with E-state index in [0.717, 1.165) is 24.7 Å². The lowest BCUT2D eigenvalue weighted by molar-refractivity contribution is -0.109. The number of rotatable bonds is 2. The first-order valence-electron chi connectivity index (χ1n) is 4.10. The zero-order valence-corrected chi connectivity index (χ0v) is 8.47. The van der Waals surface area contributed by atoms with Crippen LogP contribution in [0.2, 0.25) is 0 Å². The Balaban J connectivity index is 2.52. The predicted molar refractivity (Wildman–Crippen MR) is 51.1 cm³/mol. The van der Waals surface area contributed by atoms with Gasteiger partial charge in [0.15, 0.2) is 0 Å². The fraction of sp³-hybridized carbons (Fsp3) is 0.300. The summed E-state index contributed by atoms with van der Waals surface area (Å²) >= 11 is 3.16. The summed E-state index contributed by atoms with van der Waals surface area (Å²) in [5.74, 6) is -0.300. The molecule has 0 bridgehead atoms. The van der Waals surface area contributed by atoms with Gasteiger partial charge in [0.05, 0.1) is 9.89 Å². The van der Waals surface area contributed by atoms with E-state index in [-0.39, 0.29) is 5.82 Å². The van der Waals surface area contributed by atoms with Gasteiger partial charge in [0.1, 0.15) is 12.1 Å². The Morgan fingerprint density at radius 1 is 1.46 bits per heavy atom. The maximum Gasteiger partial charge on any atom is 0.137 e. The molecule has 2 rings (SSSR count). The normalized spacial score (nSPS) is 18.3. The Bertz CT molecular complexity index is 358. The van der Waals surface area contributed by atoms with Crippen molar-refractivity contribution in [2.75, 3.05) is 0 Å². The highest BCUT2D eigenvalue weighted by Gasteiger charge is 2.45. The summed E-state index contributed by atoms with van der Waals surface area (Å²) in [5.41, 5.74) is 0.378. The molecule has 0 aromatic heterocycles. The molecule has 13 heavy (non-hydrogen) atoms. The standard InChI is InChI=1S/C10H8BrFO/c11-9-7(2-1-3-8(9)12)10(6-13)4-5-10/h1-3,6H,4-5H2. The Morgan fingerprint density at radius 3 is 2.69 bits per heavy atom. The van der Waals surface area contributed by atoms with E-state index in [1.807, 2.05) is 0 Å². The van der Waals surface area contributed by atoms with Gasteiger partial charge >= 0.3 is 0 Å². The van der Waals surface area contributed by atoms with Crippen molar-refractivity contribution in [1.82, 2.24) is 0 Å². The van der Waals surface area contributed by atoms with E-state index in [0.29, 0.717) is 4.47 Å². The van der Waals surface area contributed by atoms with Crippen LogP contribution in [-0.4, -0.2) is 6.29 Å². The number of benzene rings is 1. The minimum Gasteiger partial charge on any atom is -0.302 e. The zero-order valence-electron chi connectivity index (χ0n) is 6.89. The lowest BCUT2D eigenvalue weighted by Crippen LogP contribution is -2.09. The lowest BCUT2D eigenvalue weighted by atomic mass is 9.98. The van der Waals surface area contributed by atoms with Gasteiger partial charge in [-0.15, -0.1) is 0 Å². The van der Waals surface area contributed by atoms with Crippen molar-refractivity contribution >= 4 is 22.2 Å². The van der Waals surface area contributed by atoms with Crippen molar-refractivity contribution in [3.63, 3.8) is 0 Å². The molecule has 0 spiro atoms. The molecule has 1 nitrogen and oxygen atoms in total. The van der Waals surface area contributed by atoms with Gasteiger partial charge in [0.2, 0.25) is 0 Å². The summed E-state index contributed by atoms with van der Waals surface area (Å²) in [6.07, 6.45) is 2.59. The van der Waals surface area contributed by atoms with Crippen molar-refractivity contribution in [2.24, 2.45) is 0 Å². The average Bonchev–Trinajstić information content (AvgIpc) is 2.90. The minimum atomic E-state index is -0.402. The maximum atomic E-state index is 13.1. The monoisotopic (exact) mass is 242 g/mol. The van der Waals surface area contributed by atoms with E-state index in [4.69, 9.17) is 0 Å². The molecule has 0 atom stereocenters. The van der Waals surface area contributed by atoms with Crippen molar-refractivity contribution in [2.45, 2.75) is 18.3 Å². The summed E-state index contributed by atoms with van der Waals surface area (Å²) in [4.78, 5) is 10.8. The van der Waals surface area contributed by atoms with Crippen molar-refractivity contribution in [1.29, 1.82) is 0 Å². The number of hydrogen-bond acceptors (Lipinski definition) is 1. The molecule has 0 aliphatic heterocycles. The van der Waals surface area contributed by atoms with Crippen LogP contribution in [0.3, 0.4) is 0 Å². The minimum absolute atomic E-state index is 0.300. The number of carbonyl (C=O) groups is 1. The van der Waals surface area contributed by atoms with E-state index in [1.165, 1.54) is 6.07 Å². The predicted octanol–water partition coefficient (Wildman–Crippen LogP) is 2.82. The molecule has 1 saturated carbocycles. The maximum absolute atomic E-state index is 13.1. The highest BCUT2D eigenvalue weighted by molar-refractivity contribution is 9.10. The molecule has 0 radical (unpaired) electrons. The van der Waals surface area contributed by atoms with Crippen LogP contribution in [0.1, 0.15) is 18.4 Å². The molecule has 1 aliphatic carbocycles. The van der Waals surface area contributed by atoms with Crippen molar-refractivity contribution < 1.29 is 9.18 Å². The fourth-order valence-electron chi connectivity index (χ4n) is 1.47. The van der Waals surface area contributed by atoms with Gasteiger partial charge in [-0.25, -0.2) is 4.39 Å². The molecule has 0 saturated heterocycles.